The number of para-hydroxylation sites is 2. The van der Waals surface area contributed by atoms with E-state index in [1.54, 1.807) is 19.2 Å². The third-order valence-electron chi connectivity index (χ3n) is 5.17. The number of hydrogen-bond acceptors (Lipinski definition) is 6. The van der Waals surface area contributed by atoms with Crippen LogP contribution in [0, 0.1) is 0 Å². The van der Waals surface area contributed by atoms with E-state index >= 15 is 0 Å². The third kappa shape index (κ3) is 5.94. The molecule has 0 aliphatic rings. The van der Waals surface area contributed by atoms with Gasteiger partial charge >= 0.3 is 0 Å². The molecule has 0 saturated carbocycles. The highest BCUT2D eigenvalue weighted by molar-refractivity contribution is 7.14. The van der Waals surface area contributed by atoms with E-state index in [4.69, 9.17) is 9.47 Å². The number of nitrogens with one attached hydrogen (secondary N) is 2. The van der Waals surface area contributed by atoms with Crippen LogP contribution in [0.2, 0.25) is 0 Å². The van der Waals surface area contributed by atoms with E-state index in [2.05, 4.69) is 22.5 Å². The first-order valence-corrected chi connectivity index (χ1v) is 12.0. The highest BCUT2D eigenvalue weighted by atomic mass is 32.1. The maximum Gasteiger partial charge on any atom is 0.255 e. The number of rotatable bonds is 10. The molecular formula is C27H27N3O3S. The summed E-state index contributed by atoms with van der Waals surface area (Å²) in [6.07, 6.45) is 2.10. The molecule has 0 spiro atoms. The molecule has 1 aromatic heterocycles. The van der Waals surface area contributed by atoms with Gasteiger partial charge in [0, 0.05) is 22.2 Å². The molecule has 7 heteroatoms. The van der Waals surface area contributed by atoms with Crippen molar-refractivity contribution in [2.24, 2.45) is 0 Å². The topological polar surface area (TPSA) is 72.5 Å². The van der Waals surface area contributed by atoms with Crippen molar-refractivity contribution in [3.8, 4) is 22.8 Å². The number of ether oxygens (including phenoxy) is 2. The zero-order chi connectivity index (χ0) is 23.8. The second-order valence-electron chi connectivity index (χ2n) is 7.62. The molecule has 34 heavy (non-hydrogen) atoms. The Balaban J connectivity index is 1.36. The van der Waals surface area contributed by atoms with Crippen molar-refractivity contribution in [2.45, 2.75) is 19.8 Å². The Morgan fingerprint density at radius 2 is 1.76 bits per heavy atom. The summed E-state index contributed by atoms with van der Waals surface area (Å²) >= 11 is 1.52. The van der Waals surface area contributed by atoms with Crippen LogP contribution in [0.1, 0.15) is 30.1 Å². The summed E-state index contributed by atoms with van der Waals surface area (Å²) in [5, 5.41) is 9.01. The molecular weight excluding hydrogens is 446 g/mol. The number of carbonyl (C=O) groups excluding carboxylic acids is 1. The summed E-state index contributed by atoms with van der Waals surface area (Å²) in [7, 11) is 1.65. The molecule has 6 nitrogen and oxygen atoms in total. The third-order valence-corrected chi connectivity index (χ3v) is 5.93. The van der Waals surface area contributed by atoms with Gasteiger partial charge in [-0.3, -0.25) is 4.79 Å². The van der Waals surface area contributed by atoms with Crippen LogP contribution < -0.4 is 20.1 Å². The lowest BCUT2D eigenvalue weighted by molar-refractivity contribution is 0.102. The smallest absolute Gasteiger partial charge is 0.255 e. The Bertz CT molecular complexity index is 1220. The molecule has 3 aromatic carbocycles. The van der Waals surface area contributed by atoms with Gasteiger partial charge in [0.25, 0.3) is 5.91 Å². The molecule has 0 aliphatic heterocycles. The molecule has 174 valence electrons. The zero-order valence-corrected chi connectivity index (χ0v) is 20.0. The second-order valence-corrected chi connectivity index (χ2v) is 8.48. The van der Waals surface area contributed by atoms with Gasteiger partial charge in [-0.2, -0.15) is 0 Å². The highest BCUT2D eigenvalue weighted by Gasteiger charge is 2.10. The number of aromatic nitrogens is 1. The number of benzene rings is 3. The largest absolute Gasteiger partial charge is 0.495 e. The van der Waals surface area contributed by atoms with Gasteiger partial charge in [-0.1, -0.05) is 37.6 Å². The van der Waals surface area contributed by atoms with E-state index in [0.717, 1.165) is 52.1 Å². The van der Waals surface area contributed by atoms with Gasteiger partial charge < -0.3 is 20.1 Å². The van der Waals surface area contributed by atoms with Crippen molar-refractivity contribution in [3.05, 3.63) is 83.7 Å². The number of methoxy groups -OCH3 is 1. The maximum absolute atomic E-state index is 12.6. The van der Waals surface area contributed by atoms with Gasteiger partial charge in [0.1, 0.15) is 11.5 Å². The Hall–Kier alpha value is -3.84. The summed E-state index contributed by atoms with van der Waals surface area (Å²) in [6.45, 7) is 2.81. The van der Waals surface area contributed by atoms with E-state index in [1.807, 2.05) is 66.0 Å². The van der Waals surface area contributed by atoms with E-state index < -0.39 is 0 Å². The van der Waals surface area contributed by atoms with Crippen molar-refractivity contribution in [1.29, 1.82) is 0 Å². The number of anilines is 3. The fraction of sp³-hybridized carbons (Fsp3) is 0.185. The van der Waals surface area contributed by atoms with Gasteiger partial charge in [-0.05, 0) is 55.0 Å². The van der Waals surface area contributed by atoms with E-state index in [-0.39, 0.29) is 5.91 Å². The average molecular weight is 474 g/mol. The fourth-order valence-corrected chi connectivity index (χ4v) is 4.02. The quantitative estimate of drug-likeness (QED) is 0.243. The number of amides is 1. The normalized spacial score (nSPS) is 10.5. The lowest BCUT2D eigenvalue weighted by atomic mass is 10.1. The Kier molecular flexibility index (Phi) is 7.78. The van der Waals surface area contributed by atoms with Crippen molar-refractivity contribution >= 4 is 33.8 Å². The standard InChI is InChI=1S/C27H27N3O3S/c1-3-4-17-33-22-15-11-20(12-16-22)26(31)28-21-13-9-19(10-14-21)24-18-34-27(30-24)29-23-7-5-6-8-25(23)32-2/h5-16,18H,3-4,17H2,1-2H3,(H,28,31)(H,29,30). The molecule has 0 radical (unpaired) electrons. The maximum atomic E-state index is 12.6. The summed E-state index contributed by atoms with van der Waals surface area (Å²) in [5.41, 5.74) is 4.00. The van der Waals surface area contributed by atoms with Gasteiger partial charge in [0.15, 0.2) is 5.13 Å². The van der Waals surface area contributed by atoms with Crippen molar-refractivity contribution in [3.63, 3.8) is 0 Å². The number of nitrogens with zero attached hydrogens (tertiary/aromatic N) is 1. The molecule has 0 aliphatic carbocycles. The van der Waals surface area contributed by atoms with Crippen LogP contribution in [0.4, 0.5) is 16.5 Å². The lowest BCUT2D eigenvalue weighted by Gasteiger charge is -2.08. The number of unbranched alkanes of at least 4 members (excludes halogenated alkanes) is 1. The number of carbonyl (C=O) groups is 1. The minimum atomic E-state index is -0.162. The highest BCUT2D eigenvalue weighted by Crippen LogP contribution is 2.31. The van der Waals surface area contributed by atoms with Crippen LogP contribution in [0.15, 0.2) is 78.2 Å². The fourth-order valence-electron chi connectivity index (χ4n) is 3.29. The molecule has 1 heterocycles. The van der Waals surface area contributed by atoms with E-state index in [1.165, 1.54) is 11.3 Å². The van der Waals surface area contributed by atoms with E-state index in [0.29, 0.717) is 12.2 Å². The first kappa shape index (κ1) is 23.3. The van der Waals surface area contributed by atoms with Crippen LogP contribution in [0.25, 0.3) is 11.3 Å². The summed E-state index contributed by atoms with van der Waals surface area (Å²) in [4.78, 5) is 17.3. The molecule has 0 bridgehead atoms. The average Bonchev–Trinajstić information content (AvgIpc) is 3.34. The predicted molar refractivity (Wildman–Crippen MR) is 139 cm³/mol. The van der Waals surface area contributed by atoms with Crippen molar-refractivity contribution < 1.29 is 14.3 Å². The predicted octanol–water partition coefficient (Wildman–Crippen LogP) is 6.99. The minimum Gasteiger partial charge on any atom is -0.495 e. The lowest BCUT2D eigenvalue weighted by Crippen LogP contribution is -2.11. The molecule has 0 atom stereocenters. The number of thiazole rings is 1. The summed E-state index contributed by atoms with van der Waals surface area (Å²) in [5.74, 6) is 1.37. The molecule has 4 aromatic rings. The van der Waals surface area contributed by atoms with Crippen molar-refractivity contribution in [2.75, 3.05) is 24.4 Å². The van der Waals surface area contributed by atoms with Crippen LogP contribution in [0.3, 0.4) is 0 Å². The molecule has 2 N–H and O–H groups in total. The summed E-state index contributed by atoms with van der Waals surface area (Å²) < 4.78 is 11.0. The van der Waals surface area contributed by atoms with Crippen LogP contribution in [-0.4, -0.2) is 24.6 Å². The Labute approximate surface area is 203 Å². The van der Waals surface area contributed by atoms with Gasteiger partial charge in [0.05, 0.1) is 25.1 Å². The van der Waals surface area contributed by atoms with E-state index in [9.17, 15) is 4.79 Å². The van der Waals surface area contributed by atoms with Gasteiger partial charge in [-0.25, -0.2) is 4.98 Å². The van der Waals surface area contributed by atoms with Crippen molar-refractivity contribution in [1.82, 2.24) is 4.98 Å². The SMILES string of the molecule is CCCCOc1ccc(C(=O)Nc2ccc(-c3csc(Nc4ccccc4OC)n3)cc2)cc1. The first-order chi connectivity index (χ1) is 16.7. The van der Waals surface area contributed by atoms with Crippen LogP contribution in [0.5, 0.6) is 11.5 Å². The summed E-state index contributed by atoms with van der Waals surface area (Å²) in [6, 6.07) is 22.6. The molecule has 0 saturated heterocycles. The minimum absolute atomic E-state index is 0.162. The van der Waals surface area contributed by atoms with Crippen LogP contribution >= 0.6 is 11.3 Å². The zero-order valence-electron chi connectivity index (χ0n) is 19.2. The molecule has 0 unspecified atom stereocenters. The van der Waals surface area contributed by atoms with Gasteiger partial charge in [-0.15, -0.1) is 11.3 Å². The molecule has 1 amide bonds. The molecule has 4 rings (SSSR count). The second kappa shape index (κ2) is 11.3. The monoisotopic (exact) mass is 473 g/mol. The van der Waals surface area contributed by atoms with Gasteiger partial charge in [0.2, 0.25) is 0 Å². The van der Waals surface area contributed by atoms with Crippen LogP contribution in [-0.2, 0) is 0 Å². The first-order valence-electron chi connectivity index (χ1n) is 11.2. The Morgan fingerprint density at radius 1 is 1.00 bits per heavy atom. The molecule has 0 fully saturated rings. The number of hydrogen-bond donors (Lipinski definition) is 2. The Morgan fingerprint density at radius 3 is 2.50 bits per heavy atom.